The molecule has 1 atom stereocenters. The van der Waals surface area contributed by atoms with Gasteiger partial charge in [0.25, 0.3) is 12.3 Å². The Morgan fingerprint density at radius 3 is 2.85 bits per heavy atom. The van der Waals surface area contributed by atoms with E-state index in [1.807, 2.05) is 25.1 Å². The third-order valence-electron chi connectivity index (χ3n) is 4.72. The Labute approximate surface area is 154 Å². The number of carbonyl (C=O) groups is 1. The van der Waals surface area contributed by atoms with Crippen LogP contribution in [0.5, 0.6) is 0 Å². The fourth-order valence-corrected chi connectivity index (χ4v) is 3.38. The van der Waals surface area contributed by atoms with Gasteiger partial charge in [-0.05, 0) is 49.1 Å². The number of hydrogen-bond donors (Lipinski definition) is 1. The highest BCUT2D eigenvalue weighted by Gasteiger charge is 2.25. The van der Waals surface area contributed by atoms with Gasteiger partial charge < -0.3 is 9.84 Å². The molecule has 0 saturated heterocycles. The van der Waals surface area contributed by atoms with Crippen LogP contribution in [0.1, 0.15) is 51.8 Å². The minimum Gasteiger partial charge on any atom is -0.355 e. The zero-order valence-corrected chi connectivity index (χ0v) is 14.6. The molecule has 0 radical (unpaired) electrons. The van der Waals surface area contributed by atoms with E-state index in [2.05, 4.69) is 20.0 Å². The summed E-state index contributed by atoms with van der Waals surface area (Å²) in [6.45, 7) is 1.84. The topological polar surface area (TPSA) is 68.0 Å². The highest BCUT2D eigenvalue weighted by atomic mass is 19.3. The van der Waals surface area contributed by atoms with E-state index in [0.717, 1.165) is 35.2 Å². The standard InChI is InChI=1S/C20H17F2N3O2/c1-11-8-14(6-7-23-11)20(26)24-16-5-3-12-9-13(2-4-15(12)16)17-10-18(19(21)22)27-25-17/h2,4,6-10,16,19H,3,5H2,1H3,(H,24,26). The second-order valence-corrected chi connectivity index (χ2v) is 6.58. The Balaban J connectivity index is 1.53. The van der Waals surface area contributed by atoms with Gasteiger partial charge in [-0.2, -0.15) is 0 Å². The Morgan fingerprint density at radius 2 is 2.11 bits per heavy atom. The van der Waals surface area contributed by atoms with Crippen molar-refractivity contribution in [3.8, 4) is 11.3 Å². The van der Waals surface area contributed by atoms with E-state index >= 15 is 0 Å². The molecule has 5 nitrogen and oxygen atoms in total. The van der Waals surface area contributed by atoms with Gasteiger partial charge in [-0.3, -0.25) is 9.78 Å². The van der Waals surface area contributed by atoms with Crippen molar-refractivity contribution in [1.29, 1.82) is 0 Å². The number of rotatable bonds is 4. The highest BCUT2D eigenvalue weighted by Crippen LogP contribution is 2.35. The fourth-order valence-electron chi connectivity index (χ4n) is 3.38. The van der Waals surface area contributed by atoms with E-state index in [4.69, 9.17) is 0 Å². The van der Waals surface area contributed by atoms with Gasteiger partial charge in [0.05, 0.1) is 6.04 Å². The molecule has 2 heterocycles. The average Bonchev–Trinajstić information content (AvgIpc) is 3.29. The van der Waals surface area contributed by atoms with Gasteiger partial charge in [-0.1, -0.05) is 17.3 Å². The van der Waals surface area contributed by atoms with Crippen LogP contribution < -0.4 is 5.32 Å². The van der Waals surface area contributed by atoms with Crippen LogP contribution >= 0.6 is 0 Å². The van der Waals surface area contributed by atoms with E-state index in [-0.39, 0.29) is 11.9 Å². The Kier molecular flexibility index (Phi) is 4.43. The SMILES string of the molecule is Cc1cc(C(=O)NC2CCc3cc(-c4cc(C(F)F)on4)ccc32)ccn1. The molecule has 0 bridgehead atoms. The number of halogens is 2. The largest absolute Gasteiger partial charge is 0.355 e. The average molecular weight is 369 g/mol. The maximum absolute atomic E-state index is 12.7. The number of nitrogens with one attached hydrogen (secondary N) is 1. The summed E-state index contributed by atoms with van der Waals surface area (Å²) in [5.74, 6) is -0.580. The molecule has 1 unspecified atom stereocenters. The van der Waals surface area contributed by atoms with Gasteiger partial charge in [-0.15, -0.1) is 0 Å². The van der Waals surface area contributed by atoms with E-state index in [9.17, 15) is 13.6 Å². The van der Waals surface area contributed by atoms with Crippen molar-refractivity contribution in [2.45, 2.75) is 32.2 Å². The first-order valence-electron chi connectivity index (χ1n) is 8.63. The number of aryl methyl sites for hydroxylation is 2. The molecule has 1 amide bonds. The third-order valence-corrected chi connectivity index (χ3v) is 4.72. The predicted octanol–water partition coefficient (Wildman–Crippen LogP) is 4.40. The molecule has 0 saturated carbocycles. The van der Waals surface area contributed by atoms with Crippen LogP contribution in [-0.2, 0) is 6.42 Å². The lowest BCUT2D eigenvalue weighted by Gasteiger charge is -2.14. The van der Waals surface area contributed by atoms with Crippen molar-refractivity contribution in [2.24, 2.45) is 0 Å². The lowest BCUT2D eigenvalue weighted by Crippen LogP contribution is -2.27. The van der Waals surface area contributed by atoms with Gasteiger partial charge in [-0.25, -0.2) is 8.78 Å². The monoisotopic (exact) mass is 369 g/mol. The molecule has 1 aliphatic rings. The number of carbonyl (C=O) groups excluding carboxylic acids is 1. The zero-order chi connectivity index (χ0) is 19.0. The van der Waals surface area contributed by atoms with Crippen molar-refractivity contribution in [2.75, 3.05) is 0 Å². The van der Waals surface area contributed by atoms with Gasteiger partial charge in [0, 0.05) is 29.1 Å². The van der Waals surface area contributed by atoms with Crippen LogP contribution in [0.15, 0.2) is 47.1 Å². The molecule has 3 aromatic rings. The first-order chi connectivity index (χ1) is 13.0. The minimum atomic E-state index is -2.68. The Morgan fingerprint density at radius 1 is 1.26 bits per heavy atom. The minimum absolute atomic E-state index is 0.0797. The van der Waals surface area contributed by atoms with Gasteiger partial charge in [0.2, 0.25) is 5.76 Å². The number of fused-ring (bicyclic) bond motifs is 1. The number of nitrogens with zero attached hydrogens (tertiary/aromatic N) is 2. The number of benzene rings is 1. The number of hydrogen-bond acceptors (Lipinski definition) is 4. The van der Waals surface area contributed by atoms with E-state index < -0.39 is 12.2 Å². The number of amides is 1. The predicted molar refractivity (Wildman–Crippen MR) is 94.4 cm³/mol. The quantitative estimate of drug-likeness (QED) is 0.740. The summed E-state index contributed by atoms with van der Waals surface area (Å²) >= 11 is 0. The second-order valence-electron chi connectivity index (χ2n) is 6.58. The summed E-state index contributed by atoms with van der Waals surface area (Å²) in [6, 6.07) is 10.3. The van der Waals surface area contributed by atoms with E-state index in [1.165, 1.54) is 6.07 Å². The number of aromatic nitrogens is 2. The van der Waals surface area contributed by atoms with Crippen LogP contribution in [0.2, 0.25) is 0 Å². The summed E-state index contributed by atoms with van der Waals surface area (Å²) in [7, 11) is 0. The first-order valence-corrected chi connectivity index (χ1v) is 8.63. The molecule has 2 aromatic heterocycles. The molecule has 0 spiro atoms. The van der Waals surface area contributed by atoms with Crippen LogP contribution in [0, 0.1) is 6.92 Å². The van der Waals surface area contributed by atoms with Crippen LogP contribution in [0.4, 0.5) is 8.78 Å². The lowest BCUT2D eigenvalue weighted by molar-refractivity contribution is 0.0936. The first kappa shape index (κ1) is 17.3. The zero-order valence-electron chi connectivity index (χ0n) is 14.6. The van der Waals surface area contributed by atoms with Crippen LogP contribution in [0.3, 0.4) is 0 Å². The molecular weight excluding hydrogens is 352 g/mol. The van der Waals surface area contributed by atoms with Crippen molar-refractivity contribution >= 4 is 5.91 Å². The van der Waals surface area contributed by atoms with Crippen LogP contribution in [-0.4, -0.2) is 16.0 Å². The van der Waals surface area contributed by atoms with Gasteiger partial charge in [0.1, 0.15) is 5.69 Å². The van der Waals surface area contributed by atoms with Crippen LogP contribution in [0.25, 0.3) is 11.3 Å². The number of pyridine rings is 1. The van der Waals surface area contributed by atoms with Gasteiger partial charge >= 0.3 is 0 Å². The van der Waals surface area contributed by atoms with Crippen molar-refractivity contribution in [1.82, 2.24) is 15.5 Å². The molecule has 138 valence electrons. The van der Waals surface area contributed by atoms with E-state index in [0.29, 0.717) is 11.3 Å². The van der Waals surface area contributed by atoms with Gasteiger partial charge in [0.15, 0.2) is 0 Å². The molecule has 1 N–H and O–H groups in total. The molecule has 0 fully saturated rings. The lowest BCUT2D eigenvalue weighted by atomic mass is 10.0. The summed E-state index contributed by atoms with van der Waals surface area (Å²) in [4.78, 5) is 16.6. The molecule has 27 heavy (non-hydrogen) atoms. The maximum Gasteiger partial charge on any atom is 0.298 e. The highest BCUT2D eigenvalue weighted by molar-refractivity contribution is 5.94. The maximum atomic E-state index is 12.7. The van der Waals surface area contributed by atoms with Crippen molar-refractivity contribution in [3.63, 3.8) is 0 Å². The third kappa shape index (κ3) is 3.45. The molecule has 1 aromatic carbocycles. The summed E-state index contributed by atoms with van der Waals surface area (Å²) in [6.07, 6.45) is 0.515. The fraction of sp³-hybridized carbons (Fsp3) is 0.250. The molecular formula is C20H17F2N3O2. The normalized spacial score (nSPS) is 15.8. The number of alkyl halides is 2. The molecule has 7 heteroatoms. The summed E-state index contributed by atoms with van der Waals surface area (Å²) in [5.41, 5.74) is 4.58. The Bertz CT molecular complexity index is 1000. The second kappa shape index (κ2) is 6.90. The van der Waals surface area contributed by atoms with E-state index in [1.54, 1.807) is 18.3 Å². The molecule has 1 aliphatic carbocycles. The molecule has 4 rings (SSSR count). The smallest absolute Gasteiger partial charge is 0.298 e. The van der Waals surface area contributed by atoms with Crippen molar-refractivity contribution in [3.05, 3.63) is 70.7 Å². The Hall–Kier alpha value is -3.09. The molecule has 0 aliphatic heterocycles. The summed E-state index contributed by atoms with van der Waals surface area (Å²) < 4.78 is 30.0. The van der Waals surface area contributed by atoms with Crippen molar-refractivity contribution < 1.29 is 18.1 Å². The summed E-state index contributed by atoms with van der Waals surface area (Å²) in [5, 5.41) is 6.77.